The fourth-order valence-corrected chi connectivity index (χ4v) is 5.15. The molecule has 2 aliphatic rings. The van der Waals surface area contributed by atoms with Gasteiger partial charge in [0.2, 0.25) is 5.91 Å². The molecule has 1 amide bonds. The van der Waals surface area contributed by atoms with Gasteiger partial charge in [-0.25, -0.2) is 0 Å². The van der Waals surface area contributed by atoms with Gasteiger partial charge < -0.3 is 5.32 Å². The minimum Gasteiger partial charge on any atom is -0.354 e. The normalized spacial score (nSPS) is 21.0. The molecule has 1 fully saturated rings. The molecule has 2 heterocycles. The van der Waals surface area contributed by atoms with Crippen molar-refractivity contribution in [1.82, 2.24) is 15.2 Å². The van der Waals surface area contributed by atoms with E-state index in [1.54, 1.807) is 0 Å². The third-order valence-electron chi connectivity index (χ3n) is 6.42. The Morgan fingerprint density at radius 3 is 2.64 bits per heavy atom. The number of carbonyl (C=O) groups is 1. The Hall–Kier alpha value is -2.20. The van der Waals surface area contributed by atoms with Gasteiger partial charge in [-0.15, -0.1) is 0 Å². The highest BCUT2D eigenvalue weighted by Gasteiger charge is 2.45. The number of carbonyl (C=O) groups excluding carboxylic acids is 1. The van der Waals surface area contributed by atoms with E-state index in [1.807, 2.05) is 26.1 Å². The van der Waals surface area contributed by atoms with E-state index in [9.17, 15) is 4.79 Å². The van der Waals surface area contributed by atoms with Crippen LogP contribution in [0.5, 0.6) is 0 Å². The van der Waals surface area contributed by atoms with Crippen molar-refractivity contribution in [3.63, 3.8) is 0 Å². The average molecular weight is 378 g/mol. The SMILES string of the molecule is CC(C)NC(=O)CC1CC2(CCN(Cc3ccccn3)CC2)c2ccccc21. The second-order valence-corrected chi connectivity index (χ2v) is 8.79. The van der Waals surface area contributed by atoms with Gasteiger partial charge >= 0.3 is 0 Å². The van der Waals surface area contributed by atoms with Gasteiger partial charge in [0.25, 0.3) is 0 Å². The first-order valence-electron chi connectivity index (χ1n) is 10.6. The van der Waals surface area contributed by atoms with Crippen molar-refractivity contribution in [3.8, 4) is 0 Å². The van der Waals surface area contributed by atoms with Crippen LogP contribution in [-0.4, -0.2) is 34.9 Å². The van der Waals surface area contributed by atoms with E-state index in [0.717, 1.165) is 31.7 Å². The number of pyridine rings is 1. The van der Waals surface area contributed by atoms with Gasteiger partial charge in [0.1, 0.15) is 0 Å². The highest BCUT2D eigenvalue weighted by Crippen LogP contribution is 2.52. The zero-order valence-corrected chi connectivity index (χ0v) is 17.0. The second-order valence-electron chi connectivity index (χ2n) is 8.79. The fraction of sp³-hybridized carbons (Fsp3) is 0.500. The van der Waals surface area contributed by atoms with Crippen molar-refractivity contribution in [2.24, 2.45) is 0 Å². The average Bonchev–Trinajstić information content (AvgIpc) is 2.97. The molecule has 0 saturated carbocycles. The molecule has 1 saturated heterocycles. The van der Waals surface area contributed by atoms with Crippen molar-refractivity contribution < 1.29 is 4.79 Å². The second kappa shape index (κ2) is 8.04. The number of likely N-dealkylation sites (tertiary alicyclic amines) is 1. The Bertz CT molecular complexity index is 810. The number of hydrogen-bond acceptors (Lipinski definition) is 3. The van der Waals surface area contributed by atoms with Crippen LogP contribution in [0.1, 0.15) is 62.3 Å². The maximum atomic E-state index is 12.4. The van der Waals surface area contributed by atoms with Crippen molar-refractivity contribution >= 4 is 5.91 Å². The van der Waals surface area contributed by atoms with Crippen LogP contribution < -0.4 is 5.32 Å². The van der Waals surface area contributed by atoms with Crippen LogP contribution in [0.3, 0.4) is 0 Å². The molecule has 0 bridgehead atoms. The van der Waals surface area contributed by atoms with Crippen LogP contribution in [0.2, 0.25) is 0 Å². The van der Waals surface area contributed by atoms with Crippen LogP contribution in [0.4, 0.5) is 0 Å². The summed E-state index contributed by atoms with van der Waals surface area (Å²) in [6, 6.07) is 15.2. The highest BCUT2D eigenvalue weighted by atomic mass is 16.1. The Balaban J connectivity index is 1.46. The first kappa shape index (κ1) is 19.1. The molecule has 1 aliphatic heterocycles. The van der Waals surface area contributed by atoms with E-state index in [1.165, 1.54) is 24.0 Å². The number of aromatic nitrogens is 1. The number of benzene rings is 1. The summed E-state index contributed by atoms with van der Waals surface area (Å²) in [5, 5.41) is 3.07. The lowest BCUT2D eigenvalue weighted by atomic mass is 9.73. The summed E-state index contributed by atoms with van der Waals surface area (Å²) in [5.41, 5.74) is 4.28. The van der Waals surface area contributed by atoms with E-state index in [4.69, 9.17) is 0 Å². The van der Waals surface area contributed by atoms with Crippen LogP contribution >= 0.6 is 0 Å². The Morgan fingerprint density at radius 2 is 1.93 bits per heavy atom. The molecule has 1 atom stereocenters. The van der Waals surface area contributed by atoms with Crippen LogP contribution in [0, 0.1) is 0 Å². The molecular weight excluding hydrogens is 346 g/mol. The third-order valence-corrected chi connectivity index (χ3v) is 6.42. The molecule has 1 N–H and O–H groups in total. The Labute approximate surface area is 168 Å². The summed E-state index contributed by atoms with van der Waals surface area (Å²) >= 11 is 0. The predicted octanol–water partition coefficient (Wildman–Crippen LogP) is 4.02. The van der Waals surface area contributed by atoms with Gasteiger partial charge in [-0.2, -0.15) is 0 Å². The molecule has 2 aromatic rings. The maximum Gasteiger partial charge on any atom is 0.220 e. The van der Waals surface area contributed by atoms with Gasteiger partial charge in [0.15, 0.2) is 0 Å². The molecule has 4 rings (SSSR count). The van der Waals surface area contributed by atoms with Crippen molar-refractivity contribution in [3.05, 3.63) is 65.5 Å². The molecule has 28 heavy (non-hydrogen) atoms. The molecule has 1 spiro atoms. The van der Waals surface area contributed by atoms with Crippen molar-refractivity contribution in [2.45, 2.75) is 63.5 Å². The molecule has 1 aromatic carbocycles. The minimum atomic E-state index is 0.180. The van der Waals surface area contributed by atoms with E-state index in [0.29, 0.717) is 12.3 Å². The Kier molecular flexibility index (Phi) is 5.49. The smallest absolute Gasteiger partial charge is 0.220 e. The number of fused-ring (bicyclic) bond motifs is 2. The number of nitrogens with zero attached hydrogens (tertiary/aromatic N) is 2. The molecule has 1 aromatic heterocycles. The van der Waals surface area contributed by atoms with E-state index in [2.05, 4.69) is 51.6 Å². The molecule has 0 radical (unpaired) electrons. The lowest BCUT2D eigenvalue weighted by molar-refractivity contribution is -0.122. The van der Waals surface area contributed by atoms with Gasteiger partial charge in [0, 0.05) is 25.2 Å². The Morgan fingerprint density at radius 1 is 1.18 bits per heavy atom. The molecule has 1 unspecified atom stereocenters. The first-order valence-corrected chi connectivity index (χ1v) is 10.6. The highest BCUT2D eigenvalue weighted by molar-refractivity contribution is 5.77. The largest absolute Gasteiger partial charge is 0.354 e. The number of rotatable bonds is 5. The summed E-state index contributed by atoms with van der Waals surface area (Å²) in [5.74, 6) is 0.525. The van der Waals surface area contributed by atoms with Gasteiger partial charge in [0.05, 0.1) is 5.69 Å². The zero-order valence-electron chi connectivity index (χ0n) is 17.0. The van der Waals surface area contributed by atoms with Gasteiger partial charge in [-0.1, -0.05) is 30.3 Å². The zero-order chi connectivity index (χ0) is 19.6. The molecule has 4 heteroatoms. The molecular formula is C24H31N3O. The van der Waals surface area contributed by atoms with Crippen molar-refractivity contribution in [2.75, 3.05) is 13.1 Å². The fourth-order valence-electron chi connectivity index (χ4n) is 5.15. The quantitative estimate of drug-likeness (QED) is 0.856. The topological polar surface area (TPSA) is 45.2 Å². The number of nitrogens with one attached hydrogen (secondary N) is 1. The number of hydrogen-bond donors (Lipinski definition) is 1. The van der Waals surface area contributed by atoms with Crippen LogP contribution in [-0.2, 0) is 16.8 Å². The van der Waals surface area contributed by atoms with Gasteiger partial charge in [-0.05, 0) is 80.8 Å². The van der Waals surface area contributed by atoms with E-state index < -0.39 is 0 Å². The summed E-state index contributed by atoms with van der Waals surface area (Å²) in [6.07, 6.45) is 5.92. The van der Waals surface area contributed by atoms with Crippen molar-refractivity contribution in [1.29, 1.82) is 0 Å². The van der Waals surface area contributed by atoms with E-state index in [-0.39, 0.29) is 17.4 Å². The summed E-state index contributed by atoms with van der Waals surface area (Å²) in [4.78, 5) is 19.4. The van der Waals surface area contributed by atoms with E-state index >= 15 is 0 Å². The van der Waals surface area contributed by atoms with Crippen LogP contribution in [0.15, 0.2) is 48.7 Å². The van der Waals surface area contributed by atoms with Gasteiger partial charge in [-0.3, -0.25) is 14.7 Å². The standard InChI is InChI=1S/C24H31N3O/c1-18(2)26-23(28)15-19-16-24(22-9-4-3-8-21(19)22)10-13-27(14-11-24)17-20-7-5-6-12-25-20/h3-9,12,18-19H,10-11,13-17H2,1-2H3,(H,26,28). The third kappa shape index (κ3) is 3.97. The maximum absolute atomic E-state index is 12.4. The predicted molar refractivity (Wildman–Crippen MR) is 112 cm³/mol. The summed E-state index contributed by atoms with van der Waals surface area (Å²) < 4.78 is 0. The summed E-state index contributed by atoms with van der Waals surface area (Å²) in [6.45, 7) is 7.17. The number of piperidine rings is 1. The monoisotopic (exact) mass is 377 g/mol. The minimum absolute atomic E-state index is 0.180. The van der Waals surface area contributed by atoms with Crippen LogP contribution in [0.25, 0.3) is 0 Å². The molecule has 148 valence electrons. The lowest BCUT2D eigenvalue weighted by Crippen LogP contribution is -2.41. The molecule has 4 nitrogen and oxygen atoms in total. The lowest BCUT2D eigenvalue weighted by Gasteiger charge is -2.40. The molecule has 1 aliphatic carbocycles. The first-order chi connectivity index (χ1) is 13.6. The number of amides is 1. The summed E-state index contributed by atoms with van der Waals surface area (Å²) in [7, 11) is 0.